The van der Waals surface area contributed by atoms with Crippen LogP contribution in [0.2, 0.25) is 0 Å². The Morgan fingerprint density at radius 1 is 1.23 bits per heavy atom. The highest BCUT2D eigenvalue weighted by Gasteiger charge is 2.36. The lowest BCUT2D eigenvalue weighted by Crippen LogP contribution is -2.52. The number of hydrogen-bond donors (Lipinski definition) is 2. The first-order chi connectivity index (χ1) is 12.0. The van der Waals surface area contributed by atoms with Crippen LogP contribution in [-0.2, 0) is 14.4 Å². The van der Waals surface area contributed by atoms with E-state index in [9.17, 15) is 14.4 Å². The van der Waals surface area contributed by atoms with E-state index in [4.69, 9.17) is 0 Å². The number of carbonyl (C=O) groups excluding carboxylic acids is 3. The quantitative estimate of drug-likeness (QED) is 0.864. The molecule has 1 fully saturated rings. The highest BCUT2D eigenvalue weighted by Crippen LogP contribution is 2.29. The van der Waals surface area contributed by atoms with Crippen LogP contribution in [-0.4, -0.2) is 35.8 Å². The lowest BCUT2D eigenvalue weighted by Gasteiger charge is -2.24. The first kappa shape index (κ1) is 19.9. The van der Waals surface area contributed by atoms with Gasteiger partial charge in [0, 0.05) is 24.2 Å². The molecule has 1 aliphatic heterocycles. The third-order valence-electron chi connectivity index (χ3n) is 4.61. The van der Waals surface area contributed by atoms with E-state index < -0.39 is 12.0 Å². The van der Waals surface area contributed by atoms with E-state index in [0.717, 1.165) is 16.8 Å². The highest BCUT2D eigenvalue weighted by atomic mass is 16.2. The van der Waals surface area contributed by atoms with Gasteiger partial charge in [-0.25, -0.2) is 0 Å². The van der Waals surface area contributed by atoms with Crippen molar-refractivity contribution < 1.29 is 14.4 Å². The summed E-state index contributed by atoms with van der Waals surface area (Å²) in [5.41, 5.74) is 2.64. The maximum Gasteiger partial charge on any atom is 0.242 e. The van der Waals surface area contributed by atoms with Crippen molar-refractivity contribution in [3.8, 4) is 0 Å². The van der Waals surface area contributed by atoms with Crippen molar-refractivity contribution in [2.45, 2.75) is 59.5 Å². The molecular formula is C20H29N3O3. The minimum absolute atomic E-state index is 0.0642. The van der Waals surface area contributed by atoms with Crippen LogP contribution >= 0.6 is 0 Å². The van der Waals surface area contributed by atoms with Crippen molar-refractivity contribution >= 4 is 23.4 Å². The monoisotopic (exact) mass is 359 g/mol. The summed E-state index contributed by atoms with van der Waals surface area (Å²) in [5.74, 6) is -1.01. The molecule has 3 amide bonds. The zero-order valence-electron chi connectivity index (χ0n) is 16.5. The number of carbonyl (C=O) groups is 3. The Hall–Kier alpha value is -2.37. The predicted molar refractivity (Wildman–Crippen MR) is 102 cm³/mol. The Labute approximate surface area is 155 Å². The van der Waals surface area contributed by atoms with Gasteiger partial charge in [0.25, 0.3) is 0 Å². The molecule has 0 aromatic heterocycles. The van der Waals surface area contributed by atoms with Gasteiger partial charge in [-0.05, 0) is 58.7 Å². The molecule has 1 aromatic rings. The second-order valence-electron chi connectivity index (χ2n) is 8.09. The number of aryl methyl sites for hydroxylation is 1. The van der Waals surface area contributed by atoms with Crippen LogP contribution in [0.5, 0.6) is 0 Å². The van der Waals surface area contributed by atoms with Gasteiger partial charge in [-0.3, -0.25) is 14.4 Å². The standard InChI is InChI=1S/C20H29N3O3/c1-12-8-7-9-16(13(12)2)23-11-15(10-17(23)24)19(26)21-14(3)18(25)22-20(4,5)6/h7-9,14-15H,10-11H2,1-6H3,(H,21,26)(H,22,25). The maximum atomic E-state index is 12.5. The average molecular weight is 359 g/mol. The lowest BCUT2D eigenvalue weighted by molar-refractivity contribution is -0.131. The third kappa shape index (κ3) is 4.62. The topological polar surface area (TPSA) is 78.5 Å². The molecule has 1 aromatic carbocycles. The zero-order chi connectivity index (χ0) is 19.6. The number of rotatable bonds is 4. The second kappa shape index (κ2) is 7.48. The van der Waals surface area contributed by atoms with Crippen LogP contribution in [0.3, 0.4) is 0 Å². The average Bonchev–Trinajstić information content (AvgIpc) is 2.90. The fraction of sp³-hybridized carbons (Fsp3) is 0.550. The Bertz CT molecular complexity index is 722. The summed E-state index contributed by atoms with van der Waals surface area (Å²) in [6.07, 6.45) is 0.160. The van der Waals surface area contributed by atoms with Crippen LogP contribution in [0, 0.1) is 19.8 Å². The van der Waals surface area contributed by atoms with Crippen molar-refractivity contribution in [1.29, 1.82) is 0 Å². The van der Waals surface area contributed by atoms with Gasteiger partial charge >= 0.3 is 0 Å². The van der Waals surface area contributed by atoms with Crippen LogP contribution in [0.4, 0.5) is 5.69 Å². The summed E-state index contributed by atoms with van der Waals surface area (Å²) in [4.78, 5) is 38.8. The zero-order valence-corrected chi connectivity index (χ0v) is 16.5. The largest absolute Gasteiger partial charge is 0.350 e. The third-order valence-corrected chi connectivity index (χ3v) is 4.61. The molecule has 1 saturated heterocycles. The van der Waals surface area contributed by atoms with Crippen molar-refractivity contribution in [3.63, 3.8) is 0 Å². The maximum absolute atomic E-state index is 12.5. The molecule has 0 saturated carbocycles. The van der Waals surface area contributed by atoms with Crippen molar-refractivity contribution in [2.24, 2.45) is 5.92 Å². The molecule has 2 rings (SSSR count). The number of benzene rings is 1. The summed E-state index contributed by atoms with van der Waals surface area (Å²) >= 11 is 0. The molecule has 0 spiro atoms. The van der Waals surface area contributed by atoms with Gasteiger partial charge < -0.3 is 15.5 Å². The Balaban J connectivity index is 2.03. The smallest absolute Gasteiger partial charge is 0.242 e. The fourth-order valence-electron chi connectivity index (χ4n) is 3.02. The van der Waals surface area contributed by atoms with Crippen LogP contribution in [0.25, 0.3) is 0 Å². The Morgan fingerprint density at radius 2 is 1.88 bits per heavy atom. The number of nitrogens with one attached hydrogen (secondary N) is 2. The summed E-state index contributed by atoms with van der Waals surface area (Å²) in [6.45, 7) is 11.6. The van der Waals surface area contributed by atoms with E-state index in [1.54, 1.807) is 11.8 Å². The summed E-state index contributed by atoms with van der Waals surface area (Å²) < 4.78 is 0. The lowest BCUT2D eigenvalue weighted by atomic mass is 10.1. The van der Waals surface area contributed by atoms with E-state index in [0.29, 0.717) is 6.54 Å². The molecule has 1 aliphatic rings. The Kier molecular flexibility index (Phi) is 5.74. The van der Waals surface area contributed by atoms with E-state index in [2.05, 4.69) is 10.6 Å². The van der Waals surface area contributed by atoms with Crippen LogP contribution in [0.1, 0.15) is 45.2 Å². The van der Waals surface area contributed by atoms with Gasteiger partial charge in [0.1, 0.15) is 6.04 Å². The number of anilines is 1. The van der Waals surface area contributed by atoms with Crippen molar-refractivity contribution in [1.82, 2.24) is 10.6 Å². The minimum atomic E-state index is -0.647. The minimum Gasteiger partial charge on any atom is -0.350 e. The van der Waals surface area contributed by atoms with Crippen molar-refractivity contribution in [2.75, 3.05) is 11.4 Å². The first-order valence-corrected chi connectivity index (χ1v) is 8.98. The normalized spacial score (nSPS) is 18.6. The predicted octanol–water partition coefficient (Wildman–Crippen LogP) is 2.08. The van der Waals surface area contributed by atoms with Gasteiger partial charge in [-0.15, -0.1) is 0 Å². The van der Waals surface area contributed by atoms with Gasteiger partial charge in [-0.1, -0.05) is 12.1 Å². The number of nitrogens with zero attached hydrogens (tertiary/aromatic N) is 1. The van der Waals surface area contributed by atoms with E-state index in [1.807, 2.05) is 52.8 Å². The summed E-state index contributed by atoms with van der Waals surface area (Å²) in [6, 6.07) is 5.17. The van der Waals surface area contributed by atoms with Gasteiger partial charge in [0.15, 0.2) is 0 Å². The molecule has 0 bridgehead atoms. The molecule has 2 atom stereocenters. The highest BCUT2D eigenvalue weighted by molar-refractivity contribution is 6.01. The molecule has 0 aliphatic carbocycles. The first-order valence-electron chi connectivity index (χ1n) is 8.98. The molecule has 1 heterocycles. The number of amides is 3. The number of hydrogen-bond acceptors (Lipinski definition) is 3. The van der Waals surface area contributed by atoms with Gasteiger partial charge in [0.05, 0.1) is 5.92 Å². The molecule has 26 heavy (non-hydrogen) atoms. The molecule has 0 radical (unpaired) electrons. The SMILES string of the molecule is Cc1cccc(N2CC(C(=O)NC(C)C(=O)NC(C)(C)C)CC2=O)c1C. The molecule has 2 unspecified atom stereocenters. The molecular weight excluding hydrogens is 330 g/mol. The van der Waals surface area contributed by atoms with Crippen LogP contribution in [0.15, 0.2) is 18.2 Å². The molecule has 6 heteroatoms. The van der Waals surface area contributed by atoms with E-state index in [-0.39, 0.29) is 29.7 Å². The van der Waals surface area contributed by atoms with E-state index in [1.165, 1.54) is 0 Å². The molecule has 2 N–H and O–H groups in total. The fourth-order valence-corrected chi connectivity index (χ4v) is 3.02. The second-order valence-corrected chi connectivity index (χ2v) is 8.09. The molecule has 142 valence electrons. The van der Waals surface area contributed by atoms with Crippen LogP contribution < -0.4 is 15.5 Å². The van der Waals surface area contributed by atoms with E-state index >= 15 is 0 Å². The van der Waals surface area contributed by atoms with Crippen molar-refractivity contribution in [3.05, 3.63) is 29.3 Å². The van der Waals surface area contributed by atoms with Gasteiger partial charge in [0.2, 0.25) is 17.7 Å². The summed E-state index contributed by atoms with van der Waals surface area (Å²) in [7, 11) is 0. The summed E-state index contributed by atoms with van der Waals surface area (Å²) in [5, 5.41) is 5.57. The Morgan fingerprint density at radius 3 is 2.50 bits per heavy atom. The molecule has 6 nitrogen and oxygen atoms in total. The van der Waals surface area contributed by atoms with Gasteiger partial charge in [-0.2, -0.15) is 0 Å².